The number of nitrogens with zero attached hydrogens (tertiary/aromatic N) is 4. The molecule has 3 rings (SSSR count). The van der Waals surface area contributed by atoms with Crippen LogP contribution in [0.3, 0.4) is 0 Å². The number of benzene rings is 1. The van der Waals surface area contributed by atoms with E-state index in [0.29, 0.717) is 5.96 Å². The summed E-state index contributed by atoms with van der Waals surface area (Å²) in [6.07, 6.45) is 1.18. The normalized spacial score (nSPS) is 17.9. The SMILES string of the molecule is CCNC(=NCC(O)c1cccc(OC)c1)NC1CCc2nc(C)nn2C1. The van der Waals surface area contributed by atoms with Gasteiger partial charge in [0.05, 0.1) is 26.3 Å². The fraction of sp³-hybridized carbons (Fsp3) is 0.526. The molecule has 0 saturated heterocycles. The van der Waals surface area contributed by atoms with Gasteiger partial charge in [-0.25, -0.2) is 9.67 Å². The topological polar surface area (TPSA) is 96.6 Å². The predicted octanol–water partition coefficient (Wildman–Crippen LogP) is 1.20. The molecule has 0 bridgehead atoms. The average Bonchev–Trinajstić information content (AvgIpc) is 3.05. The van der Waals surface area contributed by atoms with Gasteiger partial charge in [-0.2, -0.15) is 5.10 Å². The molecule has 1 aliphatic rings. The van der Waals surface area contributed by atoms with Crippen LogP contribution in [0.15, 0.2) is 29.3 Å². The Morgan fingerprint density at radius 1 is 1.48 bits per heavy atom. The lowest BCUT2D eigenvalue weighted by Crippen LogP contribution is -2.47. The molecular weight excluding hydrogens is 344 g/mol. The van der Waals surface area contributed by atoms with Gasteiger partial charge in [-0.1, -0.05) is 12.1 Å². The van der Waals surface area contributed by atoms with Gasteiger partial charge >= 0.3 is 0 Å². The van der Waals surface area contributed by atoms with Crippen LogP contribution in [-0.4, -0.2) is 52.1 Å². The first-order valence-corrected chi connectivity index (χ1v) is 9.36. The van der Waals surface area contributed by atoms with Crippen LogP contribution >= 0.6 is 0 Å². The van der Waals surface area contributed by atoms with Gasteiger partial charge in [0.2, 0.25) is 0 Å². The van der Waals surface area contributed by atoms with Crippen LogP contribution in [0.1, 0.15) is 36.7 Å². The summed E-state index contributed by atoms with van der Waals surface area (Å²) in [5.41, 5.74) is 0.786. The quantitative estimate of drug-likeness (QED) is 0.521. The number of aliphatic hydroxyl groups is 1. The van der Waals surface area contributed by atoms with Crippen LogP contribution in [0.25, 0.3) is 0 Å². The molecule has 27 heavy (non-hydrogen) atoms. The van der Waals surface area contributed by atoms with Crippen LogP contribution < -0.4 is 15.4 Å². The molecule has 0 fully saturated rings. The van der Waals surface area contributed by atoms with E-state index in [4.69, 9.17) is 4.74 Å². The lowest BCUT2D eigenvalue weighted by molar-refractivity contribution is 0.186. The molecule has 0 aliphatic carbocycles. The van der Waals surface area contributed by atoms with Crippen molar-refractivity contribution < 1.29 is 9.84 Å². The zero-order valence-corrected chi connectivity index (χ0v) is 16.1. The summed E-state index contributed by atoms with van der Waals surface area (Å²) in [4.78, 5) is 9.00. The van der Waals surface area contributed by atoms with Gasteiger partial charge in [-0.05, 0) is 38.0 Å². The number of hydrogen-bond acceptors (Lipinski definition) is 5. The summed E-state index contributed by atoms with van der Waals surface area (Å²) in [6, 6.07) is 7.65. The smallest absolute Gasteiger partial charge is 0.191 e. The number of rotatable bonds is 6. The molecule has 2 heterocycles. The summed E-state index contributed by atoms with van der Waals surface area (Å²) < 4.78 is 7.18. The number of fused-ring (bicyclic) bond motifs is 1. The number of ether oxygens (including phenoxy) is 1. The van der Waals surface area contributed by atoms with Crippen LogP contribution in [0, 0.1) is 6.92 Å². The van der Waals surface area contributed by atoms with Crippen LogP contribution in [0.5, 0.6) is 5.75 Å². The van der Waals surface area contributed by atoms with Crippen LogP contribution in [0.4, 0.5) is 0 Å². The highest BCUT2D eigenvalue weighted by Crippen LogP contribution is 2.19. The summed E-state index contributed by atoms with van der Waals surface area (Å²) >= 11 is 0. The van der Waals surface area contributed by atoms with Crippen molar-refractivity contribution in [3.8, 4) is 5.75 Å². The molecule has 8 heteroatoms. The van der Waals surface area contributed by atoms with Crippen molar-refractivity contribution in [1.29, 1.82) is 0 Å². The van der Waals surface area contributed by atoms with Gasteiger partial charge in [0.1, 0.15) is 17.4 Å². The van der Waals surface area contributed by atoms with Crippen molar-refractivity contribution in [2.75, 3.05) is 20.2 Å². The fourth-order valence-corrected chi connectivity index (χ4v) is 3.20. The third-order valence-corrected chi connectivity index (χ3v) is 4.55. The van der Waals surface area contributed by atoms with E-state index in [9.17, 15) is 5.11 Å². The summed E-state index contributed by atoms with van der Waals surface area (Å²) in [6.45, 7) is 5.72. The monoisotopic (exact) mass is 372 g/mol. The minimum atomic E-state index is -0.688. The number of aromatic nitrogens is 3. The summed E-state index contributed by atoms with van der Waals surface area (Å²) in [5.74, 6) is 3.28. The molecular formula is C19H28N6O2. The Kier molecular flexibility index (Phi) is 6.28. The summed E-state index contributed by atoms with van der Waals surface area (Å²) in [7, 11) is 1.61. The largest absolute Gasteiger partial charge is 0.497 e. The van der Waals surface area contributed by atoms with Crippen molar-refractivity contribution >= 4 is 5.96 Å². The number of aryl methyl sites for hydroxylation is 2. The standard InChI is InChI=1S/C19H28N6O2/c1-4-20-19(21-11-17(26)14-6-5-7-16(10-14)27-3)23-15-8-9-18-22-13(2)24-25(18)12-15/h5-7,10,15,17,26H,4,8-9,11-12H2,1-3H3,(H2,20,21,23). The van der Waals surface area contributed by atoms with E-state index < -0.39 is 6.10 Å². The lowest BCUT2D eigenvalue weighted by Gasteiger charge is -2.25. The Labute approximate surface area is 159 Å². The first kappa shape index (κ1) is 19.2. The van der Waals surface area contributed by atoms with Crippen molar-refractivity contribution in [2.24, 2.45) is 4.99 Å². The maximum atomic E-state index is 10.5. The van der Waals surface area contributed by atoms with Gasteiger partial charge in [0.15, 0.2) is 5.96 Å². The zero-order chi connectivity index (χ0) is 19.2. The van der Waals surface area contributed by atoms with Gasteiger partial charge in [-0.3, -0.25) is 4.99 Å². The van der Waals surface area contributed by atoms with E-state index in [1.807, 2.05) is 42.8 Å². The fourth-order valence-electron chi connectivity index (χ4n) is 3.20. The van der Waals surface area contributed by atoms with Gasteiger partial charge in [0, 0.05) is 19.0 Å². The molecule has 8 nitrogen and oxygen atoms in total. The molecule has 0 spiro atoms. The Hall–Kier alpha value is -2.61. The molecule has 2 aromatic rings. The molecule has 2 atom stereocenters. The van der Waals surface area contributed by atoms with Gasteiger partial charge in [0.25, 0.3) is 0 Å². The first-order chi connectivity index (χ1) is 13.1. The van der Waals surface area contributed by atoms with Gasteiger partial charge in [-0.15, -0.1) is 0 Å². The van der Waals surface area contributed by atoms with Crippen molar-refractivity contribution in [2.45, 2.75) is 45.4 Å². The number of methoxy groups -OCH3 is 1. The second-order valence-corrected chi connectivity index (χ2v) is 6.65. The minimum absolute atomic E-state index is 0.227. The van der Waals surface area contributed by atoms with E-state index in [1.54, 1.807) is 7.11 Å². The molecule has 0 saturated carbocycles. The lowest BCUT2D eigenvalue weighted by atomic mass is 10.1. The van der Waals surface area contributed by atoms with Crippen molar-refractivity contribution in [1.82, 2.24) is 25.4 Å². The highest BCUT2D eigenvalue weighted by molar-refractivity contribution is 5.80. The second kappa shape index (κ2) is 8.85. The molecule has 0 radical (unpaired) electrons. The third kappa shape index (κ3) is 4.97. The molecule has 1 aromatic carbocycles. The Morgan fingerprint density at radius 2 is 2.33 bits per heavy atom. The van der Waals surface area contributed by atoms with Crippen molar-refractivity contribution in [3.05, 3.63) is 41.5 Å². The summed E-state index contributed by atoms with van der Waals surface area (Å²) in [5, 5.41) is 21.6. The van der Waals surface area contributed by atoms with Gasteiger partial charge < -0.3 is 20.5 Å². The van der Waals surface area contributed by atoms with Crippen LogP contribution in [-0.2, 0) is 13.0 Å². The Balaban J connectivity index is 1.62. The maximum Gasteiger partial charge on any atom is 0.191 e. The average molecular weight is 372 g/mol. The zero-order valence-electron chi connectivity index (χ0n) is 16.1. The van der Waals surface area contributed by atoms with E-state index in [-0.39, 0.29) is 12.6 Å². The molecule has 1 aliphatic heterocycles. The van der Waals surface area contributed by atoms with E-state index in [1.165, 1.54) is 0 Å². The van der Waals surface area contributed by atoms with Crippen molar-refractivity contribution in [3.63, 3.8) is 0 Å². The molecule has 2 unspecified atom stereocenters. The number of aliphatic imine (C=N–C) groups is 1. The minimum Gasteiger partial charge on any atom is -0.497 e. The predicted molar refractivity (Wildman–Crippen MR) is 104 cm³/mol. The highest BCUT2D eigenvalue weighted by Gasteiger charge is 2.21. The Morgan fingerprint density at radius 3 is 3.11 bits per heavy atom. The molecule has 1 aromatic heterocycles. The van der Waals surface area contributed by atoms with E-state index >= 15 is 0 Å². The number of aliphatic hydroxyl groups excluding tert-OH is 1. The second-order valence-electron chi connectivity index (χ2n) is 6.65. The third-order valence-electron chi connectivity index (χ3n) is 4.55. The van der Waals surface area contributed by atoms with E-state index in [2.05, 4.69) is 25.7 Å². The molecule has 146 valence electrons. The number of nitrogens with one attached hydrogen (secondary N) is 2. The van der Waals surface area contributed by atoms with E-state index in [0.717, 1.165) is 48.9 Å². The van der Waals surface area contributed by atoms with Crippen LogP contribution in [0.2, 0.25) is 0 Å². The Bertz CT molecular complexity index is 788. The first-order valence-electron chi connectivity index (χ1n) is 9.36. The number of guanidine groups is 1. The molecule has 3 N–H and O–H groups in total. The maximum absolute atomic E-state index is 10.5. The highest BCUT2D eigenvalue weighted by atomic mass is 16.5. The molecule has 0 amide bonds. The number of hydrogen-bond donors (Lipinski definition) is 3.